The lowest BCUT2D eigenvalue weighted by Gasteiger charge is -2.11. The lowest BCUT2D eigenvalue weighted by atomic mass is 10.3. The number of nitrogen functional groups attached to an aromatic ring is 1. The van der Waals surface area contributed by atoms with Crippen molar-refractivity contribution in [2.45, 2.75) is 13.0 Å². The van der Waals surface area contributed by atoms with Crippen LogP contribution >= 0.6 is 0 Å². The van der Waals surface area contributed by atoms with E-state index in [1.54, 1.807) is 12.1 Å². The quantitative estimate of drug-likeness (QED) is 0.729. The van der Waals surface area contributed by atoms with E-state index in [0.717, 1.165) is 0 Å². The maximum absolute atomic E-state index is 10.5. The number of hydrogen-bond acceptors (Lipinski definition) is 4. The molecule has 0 amide bonds. The molecule has 0 fully saturated rings. The molecule has 0 aliphatic rings. The summed E-state index contributed by atoms with van der Waals surface area (Å²) in [4.78, 5) is 10.5. The zero-order chi connectivity index (χ0) is 11.4. The van der Waals surface area contributed by atoms with Gasteiger partial charge in [-0.1, -0.05) is 0 Å². The summed E-state index contributed by atoms with van der Waals surface area (Å²) >= 11 is 0. The van der Waals surface area contributed by atoms with Gasteiger partial charge in [-0.25, -0.2) is 4.79 Å². The van der Waals surface area contributed by atoms with Crippen molar-refractivity contribution < 1.29 is 19.4 Å². The molecule has 5 heteroatoms. The predicted octanol–water partition coefficient (Wildman–Crippen LogP) is 1.13. The van der Waals surface area contributed by atoms with Crippen molar-refractivity contribution in [1.29, 1.82) is 0 Å². The van der Waals surface area contributed by atoms with E-state index < -0.39 is 12.1 Å². The van der Waals surface area contributed by atoms with Gasteiger partial charge in [-0.2, -0.15) is 0 Å². The Labute approximate surface area is 87.4 Å². The molecule has 1 rings (SSSR count). The first-order valence-corrected chi connectivity index (χ1v) is 4.37. The second-order valence-electron chi connectivity index (χ2n) is 3.00. The van der Waals surface area contributed by atoms with Gasteiger partial charge in [-0.15, -0.1) is 0 Å². The van der Waals surface area contributed by atoms with E-state index in [0.29, 0.717) is 17.2 Å². The van der Waals surface area contributed by atoms with E-state index >= 15 is 0 Å². The number of carboxylic acid groups (broad SMARTS) is 1. The molecule has 0 aliphatic heterocycles. The molecular formula is C10H13NO4. The summed E-state index contributed by atoms with van der Waals surface area (Å²) in [6.45, 7) is 1.45. The Kier molecular flexibility index (Phi) is 3.38. The van der Waals surface area contributed by atoms with Crippen molar-refractivity contribution in [3.63, 3.8) is 0 Å². The van der Waals surface area contributed by atoms with Crippen LogP contribution in [-0.2, 0) is 4.79 Å². The van der Waals surface area contributed by atoms with Crippen molar-refractivity contribution in [2.75, 3.05) is 12.8 Å². The molecule has 0 bridgehead atoms. The molecule has 1 unspecified atom stereocenters. The molecule has 0 radical (unpaired) electrons. The molecule has 1 aromatic carbocycles. The van der Waals surface area contributed by atoms with E-state index in [1.165, 1.54) is 20.1 Å². The van der Waals surface area contributed by atoms with Crippen LogP contribution in [0, 0.1) is 0 Å². The van der Waals surface area contributed by atoms with Gasteiger partial charge in [0.2, 0.25) is 0 Å². The van der Waals surface area contributed by atoms with Gasteiger partial charge in [0, 0.05) is 6.07 Å². The number of nitrogens with two attached hydrogens (primary N) is 1. The Bertz CT molecular complexity index is 364. The normalized spacial score (nSPS) is 11.9. The molecule has 1 aromatic rings. The summed E-state index contributed by atoms with van der Waals surface area (Å²) < 4.78 is 10.1. The first-order chi connectivity index (χ1) is 7.04. The molecule has 0 aromatic heterocycles. The third-order valence-electron chi connectivity index (χ3n) is 1.86. The van der Waals surface area contributed by atoms with Gasteiger partial charge in [0.05, 0.1) is 12.8 Å². The highest BCUT2D eigenvalue weighted by molar-refractivity contribution is 5.72. The molecule has 5 nitrogen and oxygen atoms in total. The van der Waals surface area contributed by atoms with Crippen LogP contribution in [0.25, 0.3) is 0 Å². The first-order valence-electron chi connectivity index (χ1n) is 4.37. The van der Waals surface area contributed by atoms with Crippen LogP contribution in [0.3, 0.4) is 0 Å². The molecule has 0 heterocycles. The summed E-state index contributed by atoms with van der Waals surface area (Å²) in [5.41, 5.74) is 6.04. The number of anilines is 1. The number of carboxylic acids is 1. The van der Waals surface area contributed by atoms with Crippen molar-refractivity contribution in [3.8, 4) is 11.5 Å². The Morgan fingerprint density at radius 1 is 1.53 bits per heavy atom. The SMILES string of the molecule is COc1ccc(OC(C)C(=O)O)cc1N. The average Bonchev–Trinajstić information content (AvgIpc) is 2.18. The van der Waals surface area contributed by atoms with Crippen LogP contribution in [0.5, 0.6) is 11.5 Å². The third kappa shape index (κ3) is 2.77. The minimum absolute atomic E-state index is 0.406. The lowest BCUT2D eigenvalue weighted by molar-refractivity contribution is -0.144. The van der Waals surface area contributed by atoms with Crippen LogP contribution in [0.1, 0.15) is 6.92 Å². The fourth-order valence-corrected chi connectivity index (χ4v) is 1.04. The fourth-order valence-electron chi connectivity index (χ4n) is 1.04. The van der Waals surface area contributed by atoms with E-state index in [-0.39, 0.29) is 0 Å². The summed E-state index contributed by atoms with van der Waals surface area (Å²) in [5.74, 6) is -0.0853. The number of benzene rings is 1. The topological polar surface area (TPSA) is 81.8 Å². The Morgan fingerprint density at radius 2 is 2.20 bits per heavy atom. The van der Waals surface area contributed by atoms with Crippen molar-refractivity contribution in [3.05, 3.63) is 18.2 Å². The molecule has 0 spiro atoms. The van der Waals surface area contributed by atoms with Crippen molar-refractivity contribution in [1.82, 2.24) is 0 Å². The minimum Gasteiger partial charge on any atom is -0.495 e. The van der Waals surface area contributed by atoms with Gasteiger partial charge in [-0.05, 0) is 19.1 Å². The number of aliphatic carboxylic acids is 1. The first kappa shape index (κ1) is 11.2. The monoisotopic (exact) mass is 211 g/mol. The molecule has 0 saturated carbocycles. The van der Waals surface area contributed by atoms with Gasteiger partial charge in [-0.3, -0.25) is 0 Å². The standard InChI is InChI=1S/C10H13NO4/c1-6(10(12)13)15-7-3-4-9(14-2)8(11)5-7/h3-6H,11H2,1-2H3,(H,12,13). The summed E-state index contributed by atoms with van der Waals surface area (Å²) in [6, 6.07) is 4.76. The lowest BCUT2D eigenvalue weighted by Crippen LogP contribution is -2.22. The van der Waals surface area contributed by atoms with Gasteiger partial charge < -0.3 is 20.3 Å². The highest BCUT2D eigenvalue weighted by atomic mass is 16.5. The third-order valence-corrected chi connectivity index (χ3v) is 1.86. The fraction of sp³-hybridized carbons (Fsp3) is 0.300. The number of rotatable bonds is 4. The number of carbonyl (C=O) groups is 1. The maximum Gasteiger partial charge on any atom is 0.344 e. The number of methoxy groups -OCH3 is 1. The van der Waals surface area contributed by atoms with Crippen molar-refractivity contribution >= 4 is 11.7 Å². The zero-order valence-electron chi connectivity index (χ0n) is 8.56. The minimum atomic E-state index is -1.02. The van der Waals surface area contributed by atoms with Crippen LogP contribution in [0.2, 0.25) is 0 Å². The smallest absolute Gasteiger partial charge is 0.344 e. The Hall–Kier alpha value is -1.91. The highest BCUT2D eigenvalue weighted by Gasteiger charge is 2.12. The molecule has 1 atom stereocenters. The zero-order valence-corrected chi connectivity index (χ0v) is 8.56. The van der Waals surface area contributed by atoms with E-state index in [9.17, 15) is 4.79 Å². The average molecular weight is 211 g/mol. The highest BCUT2D eigenvalue weighted by Crippen LogP contribution is 2.26. The summed E-state index contributed by atoms with van der Waals surface area (Å²) in [6.07, 6.45) is -0.905. The van der Waals surface area contributed by atoms with Crippen LogP contribution < -0.4 is 15.2 Å². The molecular weight excluding hydrogens is 198 g/mol. The Balaban J connectivity index is 2.79. The van der Waals surface area contributed by atoms with Gasteiger partial charge >= 0.3 is 5.97 Å². The number of hydrogen-bond donors (Lipinski definition) is 2. The molecule has 0 saturated heterocycles. The second kappa shape index (κ2) is 4.54. The van der Waals surface area contributed by atoms with Gasteiger partial charge in [0.25, 0.3) is 0 Å². The van der Waals surface area contributed by atoms with Crippen LogP contribution in [-0.4, -0.2) is 24.3 Å². The molecule has 3 N–H and O–H groups in total. The molecule has 82 valence electrons. The van der Waals surface area contributed by atoms with Crippen molar-refractivity contribution in [2.24, 2.45) is 0 Å². The van der Waals surface area contributed by atoms with Crippen LogP contribution in [0.4, 0.5) is 5.69 Å². The molecule has 0 aliphatic carbocycles. The summed E-state index contributed by atoms with van der Waals surface area (Å²) in [5, 5.41) is 8.63. The largest absolute Gasteiger partial charge is 0.495 e. The van der Waals surface area contributed by atoms with E-state index in [1.807, 2.05) is 0 Å². The Morgan fingerprint density at radius 3 is 2.67 bits per heavy atom. The predicted molar refractivity (Wildman–Crippen MR) is 55.1 cm³/mol. The van der Waals surface area contributed by atoms with Gasteiger partial charge in [0.1, 0.15) is 11.5 Å². The van der Waals surface area contributed by atoms with E-state index in [4.69, 9.17) is 20.3 Å². The number of ether oxygens (including phenoxy) is 2. The van der Waals surface area contributed by atoms with Crippen LogP contribution in [0.15, 0.2) is 18.2 Å². The second-order valence-corrected chi connectivity index (χ2v) is 3.00. The molecule has 15 heavy (non-hydrogen) atoms. The van der Waals surface area contributed by atoms with Gasteiger partial charge in [0.15, 0.2) is 6.10 Å². The van der Waals surface area contributed by atoms with E-state index in [2.05, 4.69) is 0 Å². The maximum atomic E-state index is 10.5. The summed E-state index contributed by atoms with van der Waals surface area (Å²) in [7, 11) is 1.51.